The van der Waals surface area contributed by atoms with Gasteiger partial charge in [0.15, 0.2) is 0 Å². The van der Waals surface area contributed by atoms with Crippen molar-refractivity contribution in [2.24, 2.45) is 0 Å². The smallest absolute Gasteiger partial charge is 0.138 e. The highest BCUT2D eigenvalue weighted by molar-refractivity contribution is 6.15. The average Bonchev–Trinajstić information content (AvgIpc) is 3.27. The lowest BCUT2D eigenvalue weighted by Gasteiger charge is -2.42. The van der Waals surface area contributed by atoms with Gasteiger partial charge in [-0.3, -0.25) is 4.90 Å². The Morgan fingerprint density at radius 3 is 1.79 bits per heavy atom. The van der Waals surface area contributed by atoms with E-state index >= 15 is 0 Å². The molecule has 38 heavy (non-hydrogen) atoms. The third kappa shape index (κ3) is 2.55. The summed E-state index contributed by atoms with van der Waals surface area (Å²) in [4.78, 5) is 11.7. The van der Waals surface area contributed by atoms with Gasteiger partial charge in [-0.2, -0.15) is 0 Å². The molecule has 3 aromatic carbocycles. The molecule has 8 rings (SSSR count). The topological polar surface area (TPSA) is 34.0 Å². The molecule has 0 fully saturated rings. The second-order valence-electron chi connectivity index (χ2n) is 11.6. The number of aromatic nitrogens is 3. The van der Waals surface area contributed by atoms with E-state index in [1.54, 1.807) is 0 Å². The lowest BCUT2D eigenvalue weighted by atomic mass is 9.68. The first-order chi connectivity index (χ1) is 18.4. The fourth-order valence-corrected chi connectivity index (χ4v) is 6.95. The van der Waals surface area contributed by atoms with Gasteiger partial charge in [-0.05, 0) is 58.7 Å². The van der Waals surface area contributed by atoms with Gasteiger partial charge in [-0.25, -0.2) is 9.97 Å². The molecule has 3 aromatic heterocycles. The van der Waals surface area contributed by atoms with Crippen LogP contribution < -0.4 is 4.90 Å². The lowest BCUT2D eigenvalue weighted by Crippen LogP contribution is -2.33. The van der Waals surface area contributed by atoms with Gasteiger partial charge < -0.3 is 4.57 Å². The van der Waals surface area contributed by atoms with Gasteiger partial charge in [0.05, 0.1) is 22.4 Å². The predicted octanol–water partition coefficient (Wildman–Crippen LogP) is 8.32. The Morgan fingerprint density at radius 2 is 1.16 bits per heavy atom. The fraction of sp³-hybridized carbons (Fsp3) is 0.176. The molecule has 4 nitrogen and oxygen atoms in total. The summed E-state index contributed by atoms with van der Waals surface area (Å²) in [6, 6.07) is 30.5. The van der Waals surface area contributed by atoms with Crippen LogP contribution in [0.25, 0.3) is 27.5 Å². The summed E-state index contributed by atoms with van der Waals surface area (Å²) >= 11 is 0. The van der Waals surface area contributed by atoms with Crippen LogP contribution in [0.2, 0.25) is 0 Å². The van der Waals surface area contributed by atoms with Crippen LogP contribution in [0.3, 0.4) is 0 Å². The van der Waals surface area contributed by atoms with Crippen molar-refractivity contribution < 1.29 is 0 Å². The van der Waals surface area contributed by atoms with Crippen molar-refractivity contribution in [3.05, 3.63) is 120 Å². The molecule has 2 aliphatic rings. The molecule has 0 atom stereocenters. The Labute approximate surface area is 222 Å². The molecular formula is C34H28N4. The Balaban J connectivity index is 1.56. The maximum atomic E-state index is 4.74. The predicted molar refractivity (Wildman–Crippen MR) is 155 cm³/mol. The number of para-hydroxylation sites is 2. The highest BCUT2D eigenvalue weighted by atomic mass is 15.2. The average molecular weight is 493 g/mol. The van der Waals surface area contributed by atoms with E-state index in [-0.39, 0.29) is 10.8 Å². The Bertz CT molecular complexity index is 1870. The number of nitrogens with zero attached hydrogens (tertiary/aromatic N) is 4. The molecule has 5 heterocycles. The number of fused-ring (bicyclic) bond motifs is 1. The van der Waals surface area contributed by atoms with Crippen molar-refractivity contribution in [2.75, 3.05) is 4.90 Å². The normalized spacial score (nSPS) is 15.8. The van der Waals surface area contributed by atoms with Gasteiger partial charge in [0.25, 0.3) is 0 Å². The summed E-state index contributed by atoms with van der Waals surface area (Å²) < 4.78 is 2.56. The molecule has 4 heteroatoms. The number of pyridine rings is 2. The van der Waals surface area contributed by atoms with Crippen molar-refractivity contribution in [3.8, 4) is 5.69 Å². The number of anilines is 3. The molecule has 0 spiro atoms. The minimum atomic E-state index is -0.183. The molecule has 184 valence electrons. The first-order valence-corrected chi connectivity index (χ1v) is 13.3. The SMILES string of the molecule is CC1(C)c2cccc3c2-n2c4c1cccc4c1cc(N(c4ccccn4)c4ccccn4)cc(c12)C3(C)C. The maximum Gasteiger partial charge on any atom is 0.138 e. The molecular weight excluding hydrogens is 464 g/mol. The number of benzene rings is 3. The van der Waals surface area contributed by atoms with Crippen LogP contribution in [-0.2, 0) is 10.8 Å². The van der Waals surface area contributed by atoms with E-state index in [0.717, 1.165) is 17.3 Å². The van der Waals surface area contributed by atoms with Crippen molar-refractivity contribution in [2.45, 2.75) is 38.5 Å². The van der Waals surface area contributed by atoms with Gasteiger partial charge in [0, 0.05) is 34.0 Å². The molecule has 0 saturated heterocycles. The first-order valence-electron chi connectivity index (χ1n) is 13.3. The summed E-state index contributed by atoms with van der Waals surface area (Å²) in [5.74, 6) is 1.70. The van der Waals surface area contributed by atoms with Crippen molar-refractivity contribution in [1.82, 2.24) is 14.5 Å². The molecule has 0 radical (unpaired) electrons. The van der Waals surface area contributed by atoms with E-state index in [4.69, 9.17) is 9.97 Å². The Kier molecular flexibility index (Phi) is 4.04. The second-order valence-corrected chi connectivity index (χ2v) is 11.6. The molecule has 0 N–H and O–H groups in total. The molecule has 2 aliphatic heterocycles. The molecule has 0 bridgehead atoms. The zero-order valence-electron chi connectivity index (χ0n) is 22.0. The molecule has 0 unspecified atom stereocenters. The standard InChI is InChI=1S/C34H28N4/c1-33(2)24-12-9-11-22-23-19-21(37(28-15-5-7-17-35-28)29-16-6-8-18-36-29)20-27-31(23)38(30(22)24)32-25(33)13-10-14-26(32)34(27,3)4/h5-20H,1-4H3. The van der Waals surface area contributed by atoms with Crippen LogP contribution in [-0.4, -0.2) is 14.5 Å². The summed E-state index contributed by atoms with van der Waals surface area (Å²) in [5, 5.41) is 2.58. The summed E-state index contributed by atoms with van der Waals surface area (Å²) in [6.45, 7) is 9.49. The molecule has 0 amide bonds. The summed E-state index contributed by atoms with van der Waals surface area (Å²) in [6.07, 6.45) is 3.69. The summed E-state index contributed by atoms with van der Waals surface area (Å²) in [7, 11) is 0. The molecule has 0 saturated carbocycles. The van der Waals surface area contributed by atoms with Crippen LogP contribution in [0.4, 0.5) is 17.3 Å². The van der Waals surface area contributed by atoms with Gasteiger partial charge >= 0.3 is 0 Å². The van der Waals surface area contributed by atoms with E-state index in [0.29, 0.717) is 0 Å². The minimum Gasteiger partial charge on any atom is -0.308 e. The van der Waals surface area contributed by atoms with Gasteiger partial charge in [0.2, 0.25) is 0 Å². The van der Waals surface area contributed by atoms with Crippen LogP contribution in [0, 0.1) is 0 Å². The van der Waals surface area contributed by atoms with Crippen molar-refractivity contribution >= 4 is 39.1 Å². The minimum absolute atomic E-state index is 0.0837. The van der Waals surface area contributed by atoms with Crippen LogP contribution >= 0.6 is 0 Å². The third-order valence-corrected chi connectivity index (χ3v) is 8.84. The highest BCUT2D eigenvalue weighted by Gasteiger charge is 2.43. The Morgan fingerprint density at radius 1 is 0.579 bits per heavy atom. The van der Waals surface area contributed by atoms with E-state index in [9.17, 15) is 0 Å². The number of hydrogen-bond acceptors (Lipinski definition) is 3. The third-order valence-electron chi connectivity index (χ3n) is 8.84. The van der Waals surface area contributed by atoms with Gasteiger partial charge in [0.1, 0.15) is 11.6 Å². The van der Waals surface area contributed by atoms with Gasteiger partial charge in [-0.1, -0.05) is 76.2 Å². The van der Waals surface area contributed by atoms with E-state index in [1.165, 1.54) is 49.7 Å². The second kappa shape index (κ2) is 7.11. The number of hydrogen-bond donors (Lipinski definition) is 0. The van der Waals surface area contributed by atoms with E-state index < -0.39 is 0 Å². The monoisotopic (exact) mass is 492 g/mol. The highest BCUT2D eigenvalue weighted by Crippen LogP contribution is 2.56. The zero-order chi connectivity index (χ0) is 25.8. The fourth-order valence-electron chi connectivity index (χ4n) is 6.95. The van der Waals surface area contributed by atoms with Crippen molar-refractivity contribution in [1.29, 1.82) is 0 Å². The zero-order valence-corrected chi connectivity index (χ0v) is 22.0. The van der Waals surface area contributed by atoms with Crippen molar-refractivity contribution in [3.63, 3.8) is 0 Å². The quantitative estimate of drug-likeness (QED) is 0.249. The molecule has 6 aromatic rings. The van der Waals surface area contributed by atoms with Crippen LogP contribution in [0.1, 0.15) is 49.9 Å². The number of rotatable bonds is 3. The van der Waals surface area contributed by atoms with Crippen LogP contribution in [0.5, 0.6) is 0 Å². The van der Waals surface area contributed by atoms with E-state index in [2.05, 4.69) is 97.8 Å². The summed E-state index contributed by atoms with van der Waals surface area (Å²) in [5.41, 5.74) is 10.3. The lowest BCUT2D eigenvalue weighted by molar-refractivity contribution is 0.593. The van der Waals surface area contributed by atoms with Crippen LogP contribution in [0.15, 0.2) is 97.3 Å². The first kappa shape index (κ1) is 21.6. The maximum absolute atomic E-state index is 4.74. The largest absolute Gasteiger partial charge is 0.308 e. The van der Waals surface area contributed by atoms with Gasteiger partial charge in [-0.15, -0.1) is 0 Å². The molecule has 0 aliphatic carbocycles. The Hall–Kier alpha value is -4.44. The van der Waals surface area contributed by atoms with E-state index in [1.807, 2.05) is 36.7 Å².